The summed E-state index contributed by atoms with van der Waals surface area (Å²) in [5.74, 6) is 0.862. The summed E-state index contributed by atoms with van der Waals surface area (Å²) < 4.78 is 5.25. The van der Waals surface area contributed by atoms with Crippen molar-refractivity contribution in [3.63, 3.8) is 0 Å². The van der Waals surface area contributed by atoms with Gasteiger partial charge in [0.1, 0.15) is 5.75 Å². The first kappa shape index (κ1) is 17.6. The minimum absolute atomic E-state index is 0.0432. The summed E-state index contributed by atoms with van der Waals surface area (Å²) in [5.41, 5.74) is 1.23. The van der Waals surface area contributed by atoms with Crippen LogP contribution >= 0.6 is 0 Å². The lowest BCUT2D eigenvalue weighted by atomic mass is 10.0. The fraction of sp³-hybridized carbons (Fsp3) is 0.611. The van der Waals surface area contributed by atoms with E-state index < -0.39 is 0 Å². The number of hydrogen-bond donors (Lipinski definition) is 1. The first-order valence-corrected chi connectivity index (χ1v) is 8.45. The minimum Gasteiger partial charge on any atom is -0.497 e. The first-order valence-electron chi connectivity index (χ1n) is 8.45. The zero-order valence-electron chi connectivity index (χ0n) is 14.5. The predicted molar refractivity (Wildman–Crippen MR) is 92.9 cm³/mol. The van der Waals surface area contributed by atoms with Crippen molar-refractivity contribution in [2.75, 3.05) is 40.8 Å². The lowest BCUT2D eigenvalue weighted by Crippen LogP contribution is -2.42. The Balaban J connectivity index is 2.13. The van der Waals surface area contributed by atoms with Gasteiger partial charge in [0, 0.05) is 20.6 Å². The fourth-order valence-electron chi connectivity index (χ4n) is 3.03. The molecule has 5 heteroatoms. The van der Waals surface area contributed by atoms with E-state index in [2.05, 4.69) is 22.3 Å². The Hall–Kier alpha value is -1.75. The third-order valence-electron chi connectivity index (χ3n) is 4.43. The molecule has 1 aromatic rings. The maximum absolute atomic E-state index is 11.9. The fourth-order valence-corrected chi connectivity index (χ4v) is 3.03. The van der Waals surface area contributed by atoms with Crippen molar-refractivity contribution in [1.82, 2.24) is 15.1 Å². The van der Waals surface area contributed by atoms with Gasteiger partial charge in [0.25, 0.3) is 0 Å². The Morgan fingerprint density at radius 2 is 1.78 bits per heavy atom. The number of carbonyl (C=O) groups is 1. The van der Waals surface area contributed by atoms with E-state index >= 15 is 0 Å². The Bertz CT molecular complexity index is 480. The van der Waals surface area contributed by atoms with E-state index in [1.165, 1.54) is 31.2 Å². The number of likely N-dealkylation sites (tertiary alicyclic amines) is 1. The Kier molecular flexibility index (Phi) is 6.71. The van der Waals surface area contributed by atoms with Crippen LogP contribution in [0, 0.1) is 0 Å². The number of hydrogen-bond acceptors (Lipinski definition) is 3. The molecular weight excluding hydrogens is 290 g/mol. The van der Waals surface area contributed by atoms with E-state index in [1.54, 1.807) is 26.1 Å². The molecule has 128 valence electrons. The van der Waals surface area contributed by atoms with Gasteiger partial charge in [0.05, 0.1) is 13.2 Å². The van der Waals surface area contributed by atoms with Gasteiger partial charge in [-0.15, -0.1) is 0 Å². The highest BCUT2D eigenvalue weighted by molar-refractivity contribution is 5.73. The molecule has 5 nitrogen and oxygen atoms in total. The number of methoxy groups -OCH3 is 1. The SMILES string of the molecule is COc1ccc(C(CNC(=O)N(C)C)N2CCCCCC2)cc1. The highest BCUT2D eigenvalue weighted by Crippen LogP contribution is 2.25. The number of urea groups is 1. The highest BCUT2D eigenvalue weighted by atomic mass is 16.5. The lowest BCUT2D eigenvalue weighted by molar-refractivity contribution is 0.188. The molecule has 0 radical (unpaired) electrons. The average Bonchev–Trinajstić information content (AvgIpc) is 2.84. The smallest absolute Gasteiger partial charge is 0.316 e. The molecule has 2 amide bonds. The zero-order chi connectivity index (χ0) is 16.7. The molecule has 1 aliphatic rings. The van der Waals surface area contributed by atoms with Crippen LogP contribution < -0.4 is 10.1 Å². The molecule has 1 atom stereocenters. The molecule has 1 N–H and O–H groups in total. The number of ether oxygens (including phenoxy) is 1. The second-order valence-corrected chi connectivity index (χ2v) is 6.32. The van der Waals surface area contributed by atoms with Crippen molar-refractivity contribution in [3.8, 4) is 5.75 Å². The maximum atomic E-state index is 11.9. The van der Waals surface area contributed by atoms with Crippen molar-refractivity contribution < 1.29 is 9.53 Å². The molecule has 0 bridgehead atoms. The summed E-state index contributed by atoms with van der Waals surface area (Å²) in [7, 11) is 5.21. The van der Waals surface area contributed by atoms with Crippen molar-refractivity contribution >= 4 is 6.03 Å². The van der Waals surface area contributed by atoms with E-state index in [-0.39, 0.29) is 12.1 Å². The van der Waals surface area contributed by atoms with Crippen LogP contribution in [0.2, 0.25) is 0 Å². The van der Waals surface area contributed by atoms with Crippen molar-refractivity contribution in [2.24, 2.45) is 0 Å². The van der Waals surface area contributed by atoms with E-state index in [0.29, 0.717) is 6.54 Å². The molecule has 0 aromatic heterocycles. The van der Waals surface area contributed by atoms with Crippen LogP contribution in [0.1, 0.15) is 37.3 Å². The molecule has 1 heterocycles. The van der Waals surface area contributed by atoms with Crippen LogP contribution in [0.25, 0.3) is 0 Å². The Morgan fingerprint density at radius 3 is 2.30 bits per heavy atom. The van der Waals surface area contributed by atoms with Gasteiger partial charge in [0.2, 0.25) is 0 Å². The normalized spacial score (nSPS) is 17.2. The van der Waals surface area contributed by atoms with Crippen LogP contribution in [0.5, 0.6) is 5.75 Å². The second-order valence-electron chi connectivity index (χ2n) is 6.32. The molecular formula is C18H29N3O2. The van der Waals surface area contributed by atoms with Gasteiger partial charge in [-0.2, -0.15) is 0 Å². The molecule has 1 aromatic carbocycles. The van der Waals surface area contributed by atoms with Crippen LogP contribution in [0.15, 0.2) is 24.3 Å². The summed E-state index contributed by atoms with van der Waals surface area (Å²) in [5, 5.41) is 3.04. The lowest BCUT2D eigenvalue weighted by Gasteiger charge is -2.31. The molecule has 1 unspecified atom stereocenters. The van der Waals surface area contributed by atoms with Crippen LogP contribution in [-0.2, 0) is 0 Å². The molecule has 1 fully saturated rings. The van der Waals surface area contributed by atoms with Gasteiger partial charge in [-0.25, -0.2) is 4.79 Å². The number of carbonyl (C=O) groups excluding carboxylic acids is 1. The first-order chi connectivity index (χ1) is 11.1. The van der Waals surface area contributed by atoms with Gasteiger partial charge in [-0.05, 0) is 43.6 Å². The summed E-state index contributed by atoms with van der Waals surface area (Å²) >= 11 is 0. The molecule has 23 heavy (non-hydrogen) atoms. The topological polar surface area (TPSA) is 44.8 Å². The van der Waals surface area contributed by atoms with Gasteiger partial charge in [0.15, 0.2) is 0 Å². The summed E-state index contributed by atoms with van der Waals surface area (Å²) in [4.78, 5) is 16.0. The number of nitrogens with zero attached hydrogens (tertiary/aromatic N) is 2. The number of amides is 2. The van der Waals surface area contributed by atoms with E-state index in [0.717, 1.165) is 18.8 Å². The minimum atomic E-state index is -0.0432. The second kappa shape index (κ2) is 8.77. The highest BCUT2D eigenvalue weighted by Gasteiger charge is 2.22. The summed E-state index contributed by atoms with van der Waals surface area (Å²) in [6.07, 6.45) is 5.06. The van der Waals surface area contributed by atoms with Crippen molar-refractivity contribution in [3.05, 3.63) is 29.8 Å². The van der Waals surface area contributed by atoms with Crippen molar-refractivity contribution in [1.29, 1.82) is 0 Å². The molecule has 1 aliphatic heterocycles. The molecule has 1 saturated heterocycles. The number of nitrogens with one attached hydrogen (secondary N) is 1. The largest absolute Gasteiger partial charge is 0.497 e. The summed E-state index contributed by atoms with van der Waals surface area (Å²) in [6, 6.07) is 8.37. The van der Waals surface area contributed by atoms with Gasteiger partial charge in [-0.1, -0.05) is 25.0 Å². The third kappa shape index (κ3) is 5.13. The van der Waals surface area contributed by atoms with E-state index in [4.69, 9.17) is 4.74 Å². The van der Waals surface area contributed by atoms with Crippen LogP contribution in [-0.4, -0.2) is 56.7 Å². The predicted octanol–water partition coefficient (Wildman–Crippen LogP) is 2.88. The average molecular weight is 319 g/mol. The van der Waals surface area contributed by atoms with Crippen molar-refractivity contribution in [2.45, 2.75) is 31.7 Å². The standard InChI is InChI=1S/C18H29N3O2/c1-20(2)18(22)19-14-17(21-12-6-4-5-7-13-21)15-8-10-16(23-3)11-9-15/h8-11,17H,4-7,12-14H2,1-3H3,(H,19,22). The van der Waals surface area contributed by atoms with E-state index in [9.17, 15) is 4.79 Å². The monoisotopic (exact) mass is 319 g/mol. The molecule has 0 spiro atoms. The number of benzene rings is 1. The number of rotatable bonds is 5. The molecule has 0 saturated carbocycles. The maximum Gasteiger partial charge on any atom is 0.316 e. The van der Waals surface area contributed by atoms with Crippen LogP contribution in [0.4, 0.5) is 4.79 Å². The van der Waals surface area contributed by atoms with Crippen LogP contribution in [0.3, 0.4) is 0 Å². The molecule has 2 rings (SSSR count). The molecule has 0 aliphatic carbocycles. The Labute approximate surface area is 139 Å². The van der Waals surface area contributed by atoms with Gasteiger partial charge in [-0.3, -0.25) is 4.90 Å². The van der Waals surface area contributed by atoms with Gasteiger partial charge < -0.3 is 15.0 Å². The zero-order valence-corrected chi connectivity index (χ0v) is 14.5. The Morgan fingerprint density at radius 1 is 1.17 bits per heavy atom. The van der Waals surface area contributed by atoms with Gasteiger partial charge >= 0.3 is 6.03 Å². The third-order valence-corrected chi connectivity index (χ3v) is 4.43. The quantitative estimate of drug-likeness (QED) is 0.907. The van der Waals surface area contributed by atoms with E-state index in [1.807, 2.05) is 12.1 Å². The summed E-state index contributed by atoms with van der Waals surface area (Å²) in [6.45, 7) is 2.81.